The Morgan fingerprint density at radius 3 is 1.70 bits per heavy atom. The molecule has 11 nitrogen and oxygen atoms in total. The Morgan fingerprint density at radius 1 is 0.680 bits per heavy atom. The zero-order chi connectivity index (χ0) is 35.8. The van der Waals surface area contributed by atoms with Crippen molar-refractivity contribution in [1.29, 1.82) is 0 Å². The smallest absolute Gasteiger partial charge is 0.199 e. The molecule has 0 bridgehead atoms. The van der Waals surface area contributed by atoms with Crippen molar-refractivity contribution in [1.82, 2.24) is 19.1 Å². The predicted octanol–water partition coefficient (Wildman–Crippen LogP) is 7.04. The number of nitrogens with zero attached hydrogens (tertiary/aromatic N) is 4. The lowest BCUT2D eigenvalue weighted by molar-refractivity contribution is 0.102. The summed E-state index contributed by atoms with van der Waals surface area (Å²) < 4.78 is 24.7. The highest BCUT2D eigenvalue weighted by Crippen LogP contribution is 2.35. The summed E-state index contributed by atoms with van der Waals surface area (Å²) in [5.74, 6) is 1.61. The first-order valence-corrected chi connectivity index (χ1v) is 15.7. The summed E-state index contributed by atoms with van der Waals surface area (Å²) in [5, 5.41) is 10.4. The van der Waals surface area contributed by atoms with Crippen LogP contribution in [0.1, 0.15) is 37.7 Å². The Labute approximate surface area is 298 Å². The number of methoxy groups -OCH3 is 4. The number of hydrogen-bond acceptors (Lipinski definition) is 9. The second-order valence-electron chi connectivity index (χ2n) is 10.4. The van der Waals surface area contributed by atoms with Gasteiger partial charge in [0.25, 0.3) is 0 Å². The summed E-state index contributed by atoms with van der Waals surface area (Å²) >= 11 is 12.2. The molecule has 256 valence electrons. The molecule has 0 fully saturated rings. The lowest BCUT2D eigenvalue weighted by atomic mass is 10.00. The summed E-state index contributed by atoms with van der Waals surface area (Å²) in [6.07, 6.45) is 8.27. The van der Waals surface area contributed by atoms with E-state index < -0.39 is 0 Å². The maximum atomic E-state index is 13.3. The van der Waals surface area contributed by atoms with Crippen LogP contribution < -0.4 is 18.9 Å². The van der Waals surface area contributed by atoms with Gasteiger partial charge in [-0.05, 0) is 60.7 Å². The van der Waals surface area contributed by atoms with Crippen LogP contribution in [0.25, 0.3) is 11.4 Å². The largest absolute Gasteiger partial charge is 0.493 e. The zero-order valence-electron chi connectivity index (χ0n) is 27.5. The summed E-state index contributed by atoms with van der Waals surface area (Å²) in [6.45, 7) is -0.258. The molecule has 50 heavy (non-hydrogen) atoms. The lowest BCUT2D eigenvalue weighted by Gasteiger charge is -2.15. The van der Waals surface area contributed by atoms with Crippen molar-refractivity contribution in [3.05, 3.63) is 142 Å². The molecular weight excluding hydrogens is 683 g/mol. The van der Waals surface area contributed by atoms with Gasteiger partial charge in [0.05, 0.1) is 57.3 Å². The van der Waals surface area contributed by atoms with Gasteiger partial charge in [0.15, 0.2) is 34.6 Å². The predicted molar refractivity (Wildman–Crippen MR) is 189 cm³/mol. The van der Waals surface area contributed by atoms with Gasteiger partial charge < -0.3 is 33.2 Å². The van der Waals surface area contributed by atoms with E-state index in [0.717, 1.165) is 0 Å². The number of para-hydroxylation sites is 2. The summed E-state index contributed by atoms with van der Waals surface area (Å²) in [7, 11) is 6.02. The van der Waals surface area contributed by atoms with Gasteiger partial charge in [-0.15, -0.1) is 0 Å². The molecule has 0 aliphatic carbocycles. The number of aromatic nitrogens is 4. The first-order valence-electron chi connectivity index (χ1n) is 15.0. The lowest BCUT2D eigenvalue weighted by Crippen LogP contribution is -2.11. The summed E-state index contributed by atoms with van der Waals surface area (Å²) in [5.41, 5.74) is 2.81. The molecule has 0 radical (unpaired) electrons. The Balaban J connectivity index is 0.000000195. The number of aliphatic hydroxyl groups excluding tert-OH is 1. The fourth-order valence-corrected chi connectivity index (χ4v) is 5.65. The van der Waals surface area contributed by atoms with Crippen LogP contribution in [-0.2, 0) is 6.61 Å². The monoisotopic (exact) mass is 714 g/mol. The molecule has 6 rings (SSSR count). The molecule has 4 aromatic carbocycles. The average molecular weight is 716 g/mol. The molecule has 0 spiro atoms. The molecule has 13 heteroatoms. The molecular formula is C37H32Cl2N4O7. The highest BCUT2D eigenvalue weighted by atomic mass is 35.5. The molecule has 2 aromatic heterocycles. The molecule has 0 unspecified atom stereocenters. The second-order valence-corrected chi connectivity index (χ2v) is 11.3. The SMILES string of the molecule is COc1cccc(C(=O)c2cc(Cl)ccc2-n2ccnc2)c1OC.COc1cccc(C(=O)c2cc(Cl)ccc2-n2ccnc2CO)c1OC. The maximum absolute atomic E-state index is 13.3. The number of halogens is 2. The van der Waals surface area contributed by atoms with Gasteiger partial charge in [0.1, 0.15) is 12.4 Å². The van der Waals surface area contributed by atoms with E-state index in [9.17, 15) is 14.7 Å². The fraction of sp³-hybridized carbons (Fsp3) is 0.135. The van der Waals surface area contributed by atoms with E-state index in [0.29, 0.717) is 72.5 Å². The standard InChI is InChI=1S/C19H17ClN2O4.C18H15ClN2O3/c1-25-16-5-3-4-13(19(16)26-2)18(24)14-10-12(20)6-7-15(14)22-9-8-21-17(22)11-23;1-23-16-5-3-4-13(18(16)24-2)17(22)14-10-12(19)6-7-15(14)21-9-8-20-11-21/h3-10,23H,11H2,1-2H3;3-11H,1-2H3. The molecule has 0 aliphatic heterocycles. The first-order chi connectivity index (χ1) is 24.3. The minimum Gasteiger partial charge on any atom is -0.493 e. The van der Waals surface area contributed by atoms with Gasteiger partial charge in [0.2, 0.25) is 0 Å². The number of aliphatic hydroxyl groups is 1. The number of ether oxygens (including phenoxy) is 4. The van der Waals surface area contributed by atoms with Crippen LogP contribution in [0.5, 0.6) is 23.0 Å². The Bertz CT molecular complexity index is 2130. The molecule has 0 atom stereocenters. The van der Waals surface area contributed by atoms with Crippen molar-refractivity contribution in [2.24, 2.45) is 0 Å². The molecule has 0 aliphatic rings. The number of rotatable bonds is 11. The molecule has 0 saturated heterocycles. The van der Waals surface area contributed by atoms with E-state index in [1.165, 1.54) is 28.4 Å². The van der Waals surface area contributed by atoms with E-state index in [2.05, 4.69) is 9.97 Å². The van der Waals surface area contributed by atoms with Crippen molar-refractivity contribution in [2.75, 3.05) is 28.4 Å². The number of carbonyl (C=O) groups is 2. The van der Waals surface area contributed by atoms with Gasteiger partial charge in [0, 0.05) is 46.0 Å². The van der Waals surface area contributed by atoms with Crippen molar-refractivity contribution in [3.63, 3.8) is 0 Å². The molecule has 0 saturated carbocycles. The third-order valence-electron chi connectivity index (χ3n) is 7.60. The van der Waals surface area contributed by atoms with Gasteiger partial charge in [-0.1, -0.05) is 35.3 Å². The zero-order valence-corrected chi connectivity index (χ0v) is 29.0. The van der Waals surface area contributed by atoms with Gasteiger partial charge in [-0.2, -0.15) is 0 Å². The average Bonchev–Trinajstić information content (AvgIpc) is 3.87. The highest BCUT2D eigenvalue weighted by Gasteiger charge is 2.23. The van der Waals surface area contributed by atoms with E-state index in [-0.39, 0.29) is 18.2 Å². The number of ketones is 2. The minimum absolute atomic E-state index is 0.211. The minimum atomic E-state index is -0.282. The van der Waals surface area contributed by atoms with Crippen molar-refractivity contribution >= 4 is 34.8 Å². The quantitative estimate of drug-likeness (QED) is 0.141. The molecule has 0 amide bonds. The fourth-order valence-electron chi connectivity index (χ4n) is 5.31. The van der Waals surface area contributed by atoms with Crippen LogP contribution >= 0.6 is 23.2 Å². The third-order valence-corrected chi connectivity index (χ3v) is 8.07. The topological polar surface area (TPSA) is 127 Å². The maximum Gasteiger partial charge on any atom is 0.199 e. The van der Waals surface area contributed by atoms with Crippen LogP contribution in [0.4, 0.5) is 0 Å². The third kappa shape index (κ3) is 7.35. The van der Waals surface area contributed by atoms with Crippen molar-refractivity contribution < 1.29 is 33.6 Å². The van der Waals surface area contributed by atoms with Crippen LogP contribution in [0.3, 0.4) is 0 Å². The van der Waals surface area contributed by atoms with Crippen molar-refractivity contribution in [3.8, 4) is 34.4 Å². The van der Waals surface area contributed by atoms with Gasteiger partial charge >= 0.3 is 0 Å². The van der Waals surface area contributed by atoms with E-state index in [1.807, 2.05) is 0 Å². The van der Waals surface area contributed by atoms with Gasteiger partial charge in [-0.3, -0.25) is 9.59 Å². The summed E-state index contributed by atoms with van der Waals surface area (Å²) in [4.78, 5) is 34.5. The van der Waals surface area contributed by atoms with E-state index in [4.69, 9.17) is 42.1 Å². The van der Waals surface area contributed by atoms with Crippen LogP contribution in [0, 0.1) is 0 Å². The molecule has 2 heterocycles. The number of carbonyl (C=O) groups excluding carboxylic acids is 2. The van der Waals surface area contributed by atoms with Crippen LogP contribution in [0.2, 0.25) is 10.0 Å². The van der Waals surface area contributed by atoms with Crippen LogP contribution in [-0.4, -0.2) is 64.2 Å². The number of imidazole rings is 2. The molecule has 6 aromatic rings. The first kappa shape index (κ1) is 35.7. The van der Waals surface area contributed by atoms with E-state index in [1.54, 1.807) is 113 Å². The van der Waals surface area contributed by atoms with Crippen LogP contribution in [0.15, 0.2) is 104 Å². The Hall–Kier alpha value is -5.62. The number of hydrogen-bond donors (Lipinski definition) is 1. The summed E-state index contributed by atoms with van der Waals surface area (Å²) in [6, 6.07) is 20.4. The van der Waals surface area contributed by atoms with Crippen molar-refractivity contribution in [2.45, 2.75) is 6.61 Å². The second kappa shape index (κ2) is 16.2. The normalized spacial score (nSPS) is 10.5. The Morgan fingerprint density at radius 2 is 1.22 bits per heavy atom. The van der Waals surface area contributed by atoms with Gasteiger partial charge in [-0.25, -0.2) is 9.97 Å². The highest BCUT2D eigenvalue weighted by molar-refractivity contribution is 6.31. The Kier molecular flexibility index (Phi) is 11.6. The number of benzene rings is 4. The molecule has 1 N–H and O–H groups in total. The van der Waals surface area contributed by atoms with E-state index >= 15 is 0 Å².